The molecule has 17 heavy (non-hydrogen) atoms. The molecule has 2 aromatic rings. The van der Waals surface area contributed by atoms with Gasteiger partial charge < -0.3 is 9.55 Å². The van der Waals surface area contributed by atoms with Crippen LogP contribution in [-0.4, -0.2) is 9.55 Å². The van der Waals surface area contributed by atoms with Gasteiger partial charge in [0.1, 0.15) is 0 Å². The van der Waals surface area contributed by atoms with Crippen LogP contribution in [0.1, 0.15) is 26.7 Å². The van der Waals surface area contributed by atoms with E-state index < -0.39 is 0 Å². The maximum atomic E-state index is 5.40. The van der Waals surface area contributed by atoms with E-state index in [1.165, 1.54) is 18.4 Å². The van der Waals surface area contributed by atoms with Crippen molar-refractivity contribution in [1.29, 1.82) is 0 Å². The molecule has 0 aliphatic rings. The van der Waals surface area contributed by atoms with Crippen molar-refractivity contribution in [2.24, 2.45) is 5.92 Å². The molecule has 0 radical (unpaired) electrons. The van der Waals surface area contributed by atoms with Crippen LogP contribution in [0.5, 0.6) is 0 Å². The molecule has 0 saturated carbocycles. The highest BCUT2D eigenvalue weighted by atomic mass is 79.9. The zero-order chi connectivity index (χ0) is 12.4. The molecule has 0 saturated heterocycles. The number of H-pyrrole nitrogens is 1. The summed E-state index contributed by atoms with van der Waals surface area (Å²) in [6.45, 7) is 5.48. The van der Waals surface area contributed by atoms with Crippen LogP contribution in [0.4, 0.5) is 0 Å². The van der Waals surface area contributed by atoms with Crippen molar-refractivity contribution in [3.8, 4) is 0 Å². The number of hydrogen-bond donors (Lipinski definition) is 1. The minimum Gasteiger partial charge on any atom is -0.331 e. The van der Waals surface area contributed by atoms with E-state index in [4.69, 9.17) is 12.2 Å². The first-order chi connectivity index (χ1) is 8.15. The Hall–Kier alpha value is -0.610. The molecule has 1 aromatic heterocycles. The molecule has 2 nitrogen and oxygen atoms in total. The molecule has 0 bridgehead atoms. The van der Waals surface area contributed by atoms with Gasteiger partial charge in [-0.1, -0.05) is 42.6 Å². The maximum Gasteiger partial charge on any atom is 0.178 e. The minimum atomic E-state index is 0.694. The summed E-state index contributed by atoms with van der Waals surface area (Å²) in [6.07, 6.45) is 2.39. The monoisotopic (exact) mass is 312 g/mol. The summed E-state index contributed by atoms with van der Waals surface area (Å²) >= 11 is 8.92. The van der Waals surface area contributed by atoms with Gasteiger partial charge in [-0.25, -0.2) is 0 Å². The summed E-state index contributed by atoms with van der Waals surface area (Å²) in [5.41, 5.74) is 2.31. The Bertz CT molecular complexity index is 566. The lowest BCUT2D eigenvalue weighted by atomic mass is 10.0. The van der Waals surface area contributed by atoms with Gasteiger partial charge in [0.25, 0.3) is 0 Å². The van der Waals surface area contributed by atoms with Crippen LogP contribution >= 0.6 is 28.1 Å². The number of nitrogens with zero attached hydrogens (tertiary/aromatic N) is 1. The van der Waals surface area contributed by atoms with E-state index >= 15 is 0 Å². The normalized spacial score (nSPS) is 11.5. The number of aromatic nitrogens is 2. The van der Waals surface area contributed by atoms with Gasteiger partial charge in [0, 0.05) is 11.0 Å². The Labute approximate surface area is 115 Å². The smallest absolute Gasteiger partial charge is 0.178 e. The molecule has 0 aliphatic carbocycles. The quantitative estimate of drug-likeness (QED) is 0.796. The predicted octanol–water partition coefficient (Wildman–Crippen LogP) is 4.90. The first-order valence-electron chi connectivity index (χ1n) is 6.03. The number of benzene rings is 1. The summed E-state index contributed by atoms with van der Waals surface area (Å²) < 4.78 is 4.13. The van der Waals surface area contributed by atoms with Gasteiger partial charge >= 0.3 is 0 Å². The van der Waals surface area contributed by atoms with Crippen molar-refractivity contribution in [3.63, 3.8) is 0 Å². The third kappa shape index (κ3) is 2.63. The fourth-order valence-electron chi connectivity index (χ4n) is 2.11. The molecule has 0 atom stereocenters. The number of hydrogen-bond acceptors (Lipinski definition) is 1. The Kier molecular flexibility index (Phi) is 4.05. The van der Waals surface area contributed by atoms with Crippen molar-refractivity contribution in [1.82, 2.24) is 9.55 Å². The molecular weight excluding hydrogens is 296 g/mol. The van der Waals surface area contributed by atoms with E-state index in [2.05, 4.69) is 51.5 Å². The lowest BCUT2D eigenvalue weighted by Crippen LogP contribution is -2.09. The predicted molar refractivity (Wildman–Crippen MR) is 78.9 cm³/mol. The van der Waals surface area contributed by atoms with Crippen molar-refractivity contribution < 1.29 is 0 Å². The maximum absolute atomic E-state index is 5.40. The Morgan fingerprint density at radius 3 is 2.71 bits per heavy atom. The summed E-state index contributed by atoms with van der Waals surface area (Å²) in [6, 6.07) is 6.23. The van der Waals surface area contributed by atoms with Crippen LogP contribution in [-0.2, 0) is 6.54 Å². The Morgan fingerprint density at radius 2 is 2.06 bits per heavy atom. The third-order valence-corrected chi connectivity index (χ3v) is 4.15. The average Bonchev–Trinajstić information content (AvgIpc) is 2.62. The molecular formula is C13H17BrN2S. The van der Waals surface area contributed by atoms with Gasteiger partial charge in [-0.15, -0.1) is 0 Å². The van der Waals surface area contributed by atoms with Gasteiger partial charge in [0.05, 0.1) is 11.0 Å². The third-order valence-electron chi connectivity index (χ3n) is 3.33. The summed E-state index contributed by atoms with van der Waals surface area (Å²) in [4.78, 5) is 3.26. The van der Waals surface area contributed by atoms with Gasteiger partial charge in [-0.2, -0.15) is 0 Å². The van der Waals surface area contributed by atoms with Gasteiger partial charge in [0.2, 0.25) is 0 Å². The summed E-state index contributed by atoms with van der Waals surface area (Å²) in [7, 11) is 0. The Morgan fingerprint density at radius 1 is 1.35 bits per heavy atom. The zero-order valence-corrected chi connectivity index (χ0v) is 12.6. The highest BCUT2D eigenvalue weighted by Gasteiger charge is 2.09. The average molecular weight is 313 g/mol. The largest absolute Gasteiger partial charge is 0.331 e. The van der Waals surface area contributed by atoms with Crippen molar-refractivity contribution in [3.05, 3.63) is 27.4 Å². The van der Waals surface area contributed by atoms with E-state index in [1.54, 1.807) is 0 Å². The summed E-state index contributed by atoms with van der Waals surface area (Å²) in [5.74, 6) is 0.694. The van der Waals surface area contributed by atoms with Crippen LogP contribution in [0.25, 0.3) is 11.0 Å². The van der Waals surface area contributed by atoms with E-state index in [1.807, 2.05) is 6.07 Å². The highest BCUT2D eigenvalue weighted by molar-refractivity contribution is 9.10. The molecule has 1 heterocycles. The number of fused-ring (bicyclic) bond motifs is 1. The summed E-state index contributed by atoms with van der Waals surface area (Å²) in [5, 5.41) is 0. The molecule has 1 aromatic carbocycles. The van der Waals surface area contributed by atoms with Crippen molar-refractivity contribution >= 4 is 39.2 Å². The van der Waals surface area contributed by atoms with Gasteiger partial charge in [-0.05, 0) is 36.3 Å². The molecule has 2 rings (SSSR count). The number of aromatic amines is 1. The van der Waals surface area contributed by atoms with E-state index in [9.17, 15) is 0 Å². The molecule has 0 spiro atoms. The van der Waals surface area contributed by atoms with Gasteiger partial charge in [-0.3, -0.25) is 0 Å². The molecule has 4 heteroatoms. The first-order valence-corrected chi connectivity index (χ1v) is 7.23. The van der Waals surface area contributed by atoms with Crippen LogP contribution in [0.2, 0.25) is 0 Å². The first kappa shape index (κ1) is 12.8. The van der Waals surface area contributed by atoms with Crippen LogP contribution < -0.4 is 0 Å². The zero-order valence-electron chi connectivity index (χ0n) is 10.2. The van der Waals surface area contributed by atoms with Crippen LogP contribution in [0, 0.1) is 10.7 Å². The number of imidazole rings is 1. The lowest BCUT2D eigenvalue weighted by molar-refractivity contribution is 0.422. The molecule has 0 unspecified atom stereocenters. The highest BCUT2D eigenvalue weighted by Crippen LogP contribution is 2.22. The van der Waals surface area contributed by atoms with Crippen molar-refractivity contribution in [2.75, 3.05) is 0 Å². The van der Waals surface area contributed by atoms with Crippen LogP contribution in [0.15, 0.2) is 22.7 Å². The lowest BCUT2D eigenvalue weighted by Gasteiger charge is -2.13. The molecule has 0 fully saturated rings. The number of nitrogens with one attached hydrogen (secondary N) is 1. The number of halogens is 1. The second-order valence-electron chi connectivity index (χ2n) is 4.38. The second kappa shape index (κ2) is 5.36. The van der Waals surface area contributed by atoms with E-state index in [0.717, 1.165) is 21.3 Å². The van der Waals surface area contributed by atoms with E-state index in [-0.39, 0.29) is 0 Å². The molecule has 92 valence electrons. The van der Waals surface area contributed by atoms with Gasteiger partial charge in [0.15, 0.2) is 4.77 Å². The fourth-order valence-corrected chi connectivity index (χ4v) is 2.74. The SMILES string of the molecule is CCC(CC)Cn1c(=S)[nH]c2ccc(Br)cc21. The topological polar surface area (TPSA) is 20.7 Å². The molecule has 0 aliphatic heterocycles. The standard InChI is InChI=1S/C13H17BrN2S/c1-3-9(4-2)8-16-12-7-10(14)5-6-11(12)15-13(16)17/h5-7,9H,3-4,8H2,1-2H3,(H,15,17). The number of rotatable bonds is 4. The Balaban J connectivity index is 2.48. The van der Waals surface area contributed by atoms with E-state index in [0.29, 0.717) is 5.92 Å². The second-order valence-corrected chi connectivity index (χ2v) is 5.69. The molecule has 1 N–H and O–H groups in total. The van der Waals surface area contributed by atoms with Crippen LogP contribution in [0.3, 0.4) is 0 Å². The minimum absolute atomic E-state index is 0.694. The fraction of sp³-hybridized carbons (Fsp3) is 0.462. The molecule has 0 amide bonds. The van der Waals surface area contributed by atoms with Crippen molar-refractivity contribution in [2.45, 2.75) is 33.2 Å².